The lowest BCUT2D eigenvalue weighted by atomic mass is 10.1. The number of unbranched alkanes of at least 4 members (excludes halogenated alkanes) is 7. The molecule has 1 atom stereocenters. The number of ether oxygens (including phenoxy) is 4. The van der Waals surface area contributed by atoms with Gasteiger partial charge in [0.05, 0.1) is 19.8 Å². The van der Waals surface area contributed by atoms with Gasteiger partial charge in [-0.15, -0.1) is 11.8 Å². The molecular formula is C22H38O4. The van der Waals surface area contributed by atoms with E-state index in [1.165, 1.54) is 57.8 Å². The highest BCUT2D eigenvalue weighted by molar-refractivity contribution is 4.98. The molecule has 0 aromatic carbocycles. The van der Waals surface area contributed by atoms with E-state index in [1.807, 2.05) is 0 Å². The average molecular weight is 367 g/mol. The molecule has 2 saturated heterocycles. The molecule has 0 bridgehead atoms. The van der Waals surface area contributed by atoms with Gasteiger partial charge in [0.15, 0.2) is 12.6 Å². The van der Waals surface area contributed by atoms with E-state index in [9.17, 15) is 0 Å². The SMILES string of the molecule is C(#CCCOC1CCCCO1)CCCCCCCCCC1OCCCO1. The smallest absolute Gasteiger partial charge is 0.157 e. The third kappa shape index (κ3) is 11.2. The highest BCUT2D eigenvalue weighted by atomic mass is 16.7. The lowest BCUT2D eigenvalue weighted by Gasteiger charge is -2.22. The molecular weight excluding hydrogens is 328 g/mol. The van der Waals surface area contributed by atoms with Gasteiger partial charge in [-0.25, -0.2) is 0 Å². The molecule has 4 heteroatoms. The fraction of sp³-hybridized carbons (Fsp3) is 0.909. The lowest BCUT2D eigenvalue weighted by Crippen LogP contribution is -2.24. The summed E-state index contributed by atoms with van der Waals surface area (Å²) in [6, 6.07) is 0. The summed E-state index contributed by atoms with van der Waals surface area (Å²) in [6.45, 7) is 3.29. The minimum absolute atomic E-state index is 0.0215. The summed E-state index contributed by atoms with van der Waals surface area (Å²) in [5.41, 5.74) is 0. The van der Waals surface area contributed by atoms with Gasteiger partial charge in [0, 0.05) is 19.4 Å². The van der Waals surface area contributed by atoms with Crippen molar-refractivity contribution in [2.24, 2.45) is 0 Å². The van der Waals surface area contributed by atoms with Crippen LogP contribution in [0.25, 0.3) is 0 Å². The summed E-state index contributed by atoms with van der Waals surface area (Å²) in [5, 5.41) is 0. The normalized spacial score (nSPS) is 21.3. The van der Waals surface area contributed by atoms with Crippen molar-refractivity contribution < 1.29 is 18.9 Å². The first-order chi connectivity index (χ1) is 12.9. The van der Waals surface area contributed by atoms with Crippen LogP contribution in [0.1, 0.15) is 89.9 Å². The van der Waals surface area contributed by atoms with E-state index < -0.39 is 0 Å². The predicted molar refractivity (Wildman–Crippen MR) is 104 cm³/mol. The first kappa shape index (κ1) is 21.7. The van der Waals surface area contributed by atoms with E-state index in [0.717, 1.165) is 51.9 Å². The second kappa shape index (κ2) is 15.5. The predicted octanol–water partition coefficient (Wildman–Crippen LogP) is 5.20. The second-order valence-electron chi connectivity index (χ2n) is 7.31. The highest BCUT2D eigenvalue weighted by Gasteiger charge is 2.13. The van der Waals surface area contributed by atoms with Gasteiger partial charge in [-0.1, -0.05) is 32.1 Å². The minimum atomic E-state index is 0.0215. The second-order valence-corrected chi connectivity index (χ2v) is 7.31. The summed E-state index contributed by atoms with van der Waals surface area (Å²) in [5.74, 6) is 6.49. The van der Waals surface area contributed by atoms with Crippen molar-refractivity contribution >= 4 is 0 Å². The molecule has 0 aliphatic carbocycles. The van der Waals surface area contributed by atoms with Gasteiger partial charge in [0.25, 0.3) is 0 Å². The molecule has 2 aliphatic rings. The highest BCUT2D eigenvalue weighted by Crippen LogP contribution is 2.15. The fourth-order valence-electron chi connectivity index (χ4n) is 3.37. The molecule has 4 nitrogen and oxygen atoms in total. The van der Waals surface area contributed by atoms with Crippen LogP contribution in [0.4, 0.5) is 0 Å². The van der Waals surface area contributed by atoms with Crippen molar-refractivity contribution in [3.63, 3.8) is 0 Å². The number of hydrogen-bond acceptors (Lipinski definition) is 4. The van der Waals surface area contributed by atoms with Gasteiger partial charge in [-0.2, -0.15) is 0 Å². The van der Waals surface area contributed by atoms with E-state index in [0.29, 0.717) is 6.61 Å². The van der Waals surface area contributed by atoms with Crippen molar-refractivity contribution in [2.45, 2.75) is 102 Å². The van der Waals surface area contributed by atoms with Crippen LogP contribution < -0.4 is 0 Å². The van der Waals surface area contributed by atoms with Gasteiger partial charge in [-0.05, 0) is 44.9 Å². The topological polar surface area (TPSA) is 36.9 Å². The summed E-state index contributed by atoms with van der Waals surface area (Å²) in [6.07, 6.45) is 16.5. The fourth-order valence-corrected chi connectivity index (χ4v) is 3.37. The van der Waals surface area contributed by atoms with Gasteiger partial charge in [-0.3, -0.25) is 0 Å². The van der Waals surface area contributed by atoms with Crippen LogP contribution in [-0.4, -0.2) is 39.0 Å². The zero-order valence-electron chi connectivity index (χ0n) is 16.5. The Morgan fingerprint density at radius 1 is 0.692 bits per heavy atom. The Balaban J connectivity index is 1.28. The van der Waals surface area contributed by atoms with E-state index in [1.54, 1.807) is 0 Å². The Bertz CT molecular complexity index is 375. The van der Waals surface area contributed by atoms with Gasteiger partial charge in [0.1, 0.15) is 0 Å². The summed E-state index contributed by atoms with van der Waals surface area (Å²) >= 11 is 0. The third-order valence-corrected chi connectivity index (χ3v) is 4.93. The van der Waals surface area contributed by atoms with Crippen LogP contribution in [0.15, 0.2) is 0 Å². The summed E-state index contributed by atoms with van der Waals surface area (Å²) in [7, 11) is 0. The molecule has 0 N–H and O–H groups in total. The first-order valence-corrected chi connectivity index (χ1v) is 10.9. The van der Waals surface area contributed by atoms with Crippen molar-refractivity contribution in [2.75, 3.05) is 26.4 Å². The van der Waals surface area contributed by atoms with E-state index in [4.69, 9.17) is 18.9 Å². The first-order valence-electron chi connectivity index (χ1n) is 10.9. The summed E-state index contributed by atoms with van der Waals surface area (Å²) in [4.78, 5) is 0. The van der Waals surface area contributed by atoms with Crippen molar-refractivity contribution in [1.29, 1.82) is 0 Å². The quantitative estimate of drug-likeness (QED) is 0.351. The zero-order chi connectivity index (χ0) is 18.1. The van der Waals surface area contributed by atoms with Gasteiger partial charge < -0.3 is 18.9 Å². The van der Waals surface area contributed by atoms with Crippen molar-refractivity contribution in [3.8, 4) is 11.8 Å². The molecule has 1 unspecified atom stereocenters. The molecule has 2 aliphatic heterocycles. The van der Waals surface area contributed by atoms with E-state index in [2.05, 4.69) is 11.8 Å². The zero-order valence-corrected chi connectivity index (χ0v) is 16.5. The molecule has 0 saturated carbocycles. The molecule has 2 rings (SSSR count). The van der Waals surface area contributed by atoms with Crippen LogP contribution in [0.5, 0.6) is 0 Å². The van der Waals surface area contributed by atoms with Crippen LogP contribution in [0, 0.1) is 11.8 Å². The number of rotatable bonds is 12. The maximum absolute atomic E-state index is 5.67. The van der Waals surface area contributed by atoms with Gasteiger partial charge >= 0.3 is 0 Å². The molecule has 2 heterocycles. The maximum Gasteiger partial charge on any atom is 0.157 e. The van der Waals surface area contributed by atoms with E-state index in [-0.39, 0.29) is 12.6 Å². The maximum atomic E-state index is 5.67. The Kier molecular flexibility index (Phi) is 12.9. The van der Waals surface area contributed by atoms with E-state index >= 15 is 0 Å². The Morgan fingerprint density at radius 3 is 2.15 bits per heavy atom. The largest absolute Gasteiger partial charge is 0.353 e. The summed E-state index contributed by atoms with van der Waals surface area (Å²) < 4.78 is 22.3. The van der Waals surface area contributed by atoms with Crippen LogP contribution in [0.2, 0.25) is 0 Å². The van der Waals surface area contributed by atoms with Crippen molar-refractivity contribution in [1.82, 2.24) is 0 Å². The molecule has 0 amide bonds. The van der Waals surface area contributed by atoms with Gasteiger partial charge in [0.2, 0.25) is 0 Å². The number of hydrogen-bond donors (Lipinski definition) is 0. The lowest BCUT2D eigenvalue weighted by molar-refractivity contribution is -0.181. The van der Waals surface area contributed by atoms with Crippen LogP contribution in [-0.2, 0) is 18.9 Å². The standard InChI is InChI=1S/C22H38O4/c1(2-4-6-8-10-15-21-25-19-14-20-26-21)3-5-7-9-12-17-23-22-16-11-13-18-24-22/h21-22H,1-6,8,10-20H2. The molecule has 0 aromatic rings. The Labute approximate surface area is 160 Å². The van der Waals surface area contributed by atoms with Crippen LogP contribution in [0.3, 0.4) is 0 Å². The average Bonchev–Trinajstić information content (AvgIpc) is 2.70. The Hall–Kier alpha value is -0.600. The third-order valence-electron chi connectivity index (χ3n) is 4.93. The molecule has 0 spiro atoms. The molecule has 0 radical (unpaired) electrons. The molecule has 0 aromatic heterocycles. The van der Waals surface area contributed by atoms with Crippen LogP contribution >= 0.6 is 0 Å². The molecule has 26 heavy (non-hydrogen) atoms. The Morgan fingerprint density at radius 2 is 1.38 bits per heavy atom. The molecule has 150 valence electrons. The minimum Gasteiger partial charge on any atom is -0.353 e. The monoisotopic (exact) mass is 366 g/mol. The van der Waals surface area contributed by atoms with Crippen molar-refractivity contribution in [3.05, 3.63) is 0 Å². The molecule has 2 fully saturated rings.